The summed E-state index contributed by atoms with van der Waals surface area (Å²) in [6.07, 6.45) is 2.11. The van der Waals surface area contributed by atoms with E-state index in [1.165, 1.54) is 17.7 Å². The van der Waals surface area contributed by atoms with E-state index in [1.54, 1.807) is 12.1 Å². The zero-order valence-corrected chi connectivity index (χ0v) is 20.2. The molecule has 0 spiro atoms. The first-order valence-electron chi connectivity index (χ1n) is 11.3. The molecule has 0 N–H and O–H groups in total. The van der Waals surface area contributed by atoms with Gasteiger partial charge in [-0.25, -0.2) is 13.2 Å². The smallest absolute Gasteiger partial charge is 0.159 e. The Balaban J connectivity index is 0.00000121. The highest BCUT2D eigenvalue weighted by Gasteiger charge is 2.08. The van der Waals surface area contributed by atoms with Crippen LogP contribution >= 0.6 is 0 Å². The molecule has 3 aromatic carbocycles. The molecule has 32 heavy (non-hydrogen) atoms. The standard InChI is InChI=1S/C25H21F3.2C2H6/c1-4-5-18-12-16(2)22(17(3)13-18)10-8-19-6-7-20(14-24(19)27)21-9-11-23(26)25(28)15-21;2*1-2/h6-7,9,11-15H,4-5H2,1-3H3;2*1-2H3. The molecule has 3 rings (SSSR count). The Morgan fingerprint density at radius 1 is 0.656 bits per heavy atom. The number of hydrogen-bond donors (Lipinski definition) is 0. The van der Waals surface area contributed by atoms with Crippen molar-refractivity contribution in [1.29, 1.82) is 0 Å². The average Bonchev–Trinajstić information content (AvgIpc) is 2.79. The van der Waals surface area contributed by atoms with Crippen LogP contribution in [-0.4, -0.2) is 0 Å². The monoisotopic (exact) mass is 438 g/mol. The number of rotatable bonds is 3. The third kappa shape index (κ3) is 7.02. The maximum atomic E-state index is 14.5. The summed E-state index contributed by atoms with van der Waals surface area (Å²) in [7, 11) is 0. The van der Waals surface area contributed by atoms with E-state index in [-0.39, 0.29) is 5.56 Å². The van der Waals surface area contributed by atoms with Crippen molar-refractivity contribution < 1.29 is 13.2 Å². The Morgan fingerprint density at radius 2 is 1.19 bits per heavy atom. The highest BCUT2D eigenvalue weighted by Crippen LogP contribution is 2.24. The van der Waals surface area contributed by atoms with E-state index in [4.69, 9.17) is 0 Å². The van der Waals surface area contributed by atoms with Crippen molar-refractivity contribution in [3.8, 4) is 23.0 Å². The summed E-state index contributed by atoms with van der Waals surface area (Å²) in [5.74, 6) is 3.61. The van der Waals surface area contributed by atoms with Crippen LogP contribution in [0.1, 0.15) is 68.9 Å². The lowest BCUT2D eigenvalue weighted by Gasteiger charge is -2.07. The van der Waals surface area contributed by atoms with E-state index >= 15 is 0 Å². The summed E-state index contributed by atoms with van der Waals surface area (Å²) in [6, 6.07) is 12.3. The molecule has 0 aliphatic carbocycles. The lowest BCUT2D eigenvalue weighted by molar-refractivity contribution is 0.509. The second-order valence-corrected chi connectivity index (χ2v) is 6.93. The normalized spacial score (nSPS) is 9.56. The summed E-state index contributed by atoms with van der Waals surface area (Å²) in [6.45, 7) is 14.2. The minimum atomic E-state index is -0.959. The van der Waals surface area contributed by atoms with Crippen LogP contribution in [0.5, 0.6) is 0 Å². The molecule has 0 amide bonds. The topological polar surface area (TPSA) is 0 Å². The highest BCUT2D eigenvalue weighted by atomic mass is 19.2. The number of benzene rings is 3. The Hall–Kier alpha value is -2.99. The van der Waals surface area contributed by atoms with Gasteiger partial charge in [0.25, 0.3) is 0 Å². The van der Waals surface area contributed by atoms with Crippen molar-refractivity contribution in [2.75, 3.05) is 0 Å². The molecule has 0 aromatic heterocycles. The van der Waals surface area contributed by atoms with Gasteiger partial charge in [0.1, 0.15) is 5.82 Å². The van der Waals surface area contributed by atoms with Crippen molar-refractivity contribution in [2.45, 2.75) is 61.3 Å². The summed E-state index contributed by atoms with van der Waals surface area (Å²) < 4.78 is 41.0. The molecule has 0 heterocycles. The van der Waals surface area contributed by atoms with E-state index in [1.807, 2.05) is 41.5 Å². The second-order valence-electron chi connectivity index (χ2n) is 6.93. The molecule has 0 atom stereocenters. The maximum absolute atomic E-state index is 14.5. The minimum absolute atomic E-state index is 0.266. The molecule has 0 saturated carbocycles. The van der Waals surface area contributed by atoms with Gasteiger partial charge < -0.3 is 0 Å². The van der Waals surface area contributed by atoms with Gasteiger partial charge in [0, 0.05) is 5.56 Å². The molecule has 0 bridgehead atoms. The van der Waals surface area contributed by atoms with Crippen LogP contribution in [0, 0.1) is 43.1 Å². The van der Waals surface area contributed by atoms with E-state index in [2.05, 4.69) is 30.9 Å². The fraction of sp³-hybridized carbons (Fsp3) is 0.310. The molecule has 0 aliphatic rings. The van der Waals surface area contributed by atoms with Gasteiger partial charge in [0.2, 0.25) is 0 Å². The van der Waals surface area contributed by atoms with Crippen LogP contribution in [0.4, 0.5) is 13.2 Å². The van der Waals surface area contributed by atoms with Crippen LogP contribution in [0.15, 0.2) is 48.5 Å². The van der Waals surface area contributed by atoms with Crippen LogP contribution < -0.4 is 0 Å². The SMILES string of the molecule is CC.CC.CCCc1cc(C)c(C#Cc2ccc(-c3ccc(F)c(F)c3)cc2F)c(C)c1. The molecule has 0 unspecified atom stereocenters. The molecular weight excluding hydrogens is 405 g/mol. The zero-order chi connectivity index (χ0) is 24.3. The van der Waals surface area contributed by atoms with Crippen LogP contribution in [0.2, 0.25) is 0 Å². The van der Waals surface area contributed by atoms with Gasteiger partial charge in [-0.2, -0.15) is 0 Å². The number of halogens is 3. The van der Waals surface area contributed by atoms with Gasteiger partial charge in [-0.15, -0.1) is 0 Å². The van der Waals surface area contributed by atoms with Crippen molar-refractivity contribution in [1.82, 2.24) is 0 Å². The quantitative estimate of drug-likeness (QED) is 0.358. The molecule has 0 aliphatic heterocycles. The Morgan fingerprint density at radius 3 is 1.69 bits per heavy atom. The van der Waals surface area contributed by atoms with Crippen LogP contribution in [-0.2, 0) is 6.42 Å². The molecule has 0 saturated heterocycles. The summed E-state index contributed by atoms with van der Waals surface area (Å²) in [5, 5.41) is 0. The fourth-order valence-electron chi connectivity index (χ4n) is 3.28. The zero-order valence-electron chi connectivity index (χ0n) is 20.2. The Labute approximate surface area is 191 Å². The van der Waals surface area contributed by atoms with Crippen LogP contribution in [0.25, 0.3) is 11.1 Å². The summed E-state index contributed by atoms with van der Waals surface area (Å²) in [5.41, 5.74) is 5.50. The Bertz CT molecular complexity index is 1060. The van der Waals surface area contributed by atoms with Crippen molar-refractivity contribution in [3.05, 3.63) is 93.8 Å². The van der Waals surface area contributed by atoms with Crippen molar-refractivity contribution in [3.63, 3.8) is 0 Å². The number of aryl methyl sites for hydroxylation is 3. The van der Waals surface area contributed by atoms with Gasteiger partial charge in [0.05, 0.1) is 5.56 Å². The van der Waals surface area contributed by atoms with Crippen molar-refractivity contribution >= 4 is 0 Å². The molecule has 170 valence electrons. The third-order valence-corrected chi connectivity index (χ3v) is 4.68. The molecule has 3 heteroatoms. The van der Waals surface area contributed by atoms with Gasteiger partial charge in [0.15, 0.2) is 11.6 Å². The molecule has 0 fully saturated rings. The maximum Gasteiger partial charge on any atom is 0.159 e. The van der Waals surface area contributed by atoms with Gasteiger partial charge in [-0.1, -0.05) is 77.1 Å². The first-order chi connectivity index (χ1) is 15.4. The lowest BCUT2D eigenvalue weighted by Crippen LogP contribution is -1.93. The minimum Gasteiger partial charge on any atom is -0.206 e. The summed E-state index contributed by atoms with van der Waals surface area (Å²) in [4.78, 5) is 0. The highest BCUT2D eigenvalue weighted by molar-refractivity contribution is 5.65. The van der Waals surface area contributed by atoms with Gasteiger partial charge in [-0.3, -0.25) is 0 Å². The largest absolute Gasteiger partial charge is 0.206 e. The third-order valence-electron chi connectivity index (χ3n) is 4.68. The van der Waals surface area contributed by atoms with Gasteiger partial charge >= 0.3 is 0 Å². The van der Waals surface area contributed by atoms with E-state index in [9.17, 15) is 13.2 Å². The van der Waals surface area contributed by atoms with E-state index in [0.29, 0.717) is 11.1 Å². The number of hydrogen-bond acceptors (Lipinski definition) is 0. The fourth-order valence-corrected chi connectivity index (χ4v) is 3.28. The predicted octanol–water partition coefficient (Wildman–Crippen LogP) is 8.79. The summed E-state index contributed by atoms with van der Waals surface area (Å²) >= 11 is 0. The first-order valence-corrected chi connectivity index (χ1v) is 11.3. The molecule has 0 nitrogen and oxygen atoms in total. The molecule has 3 aromatic rings. The Kier molecular flexibility index (Phi) is 11.3. The molecule has 0 radical (unpaired) electrons. The van der Waals surface area contributed by atoms with E-state index in [0.717, 1.165) is 41.7 Å². The first kappa shape index (κ1) is 27.0. The molecular formula is C29H33F3. The van der Waals surface area contributed by atoms with E-state index < -0.39 is 17.5 Å². The predicted molar refractivity (Wildman–Crippen MR) is 130 cm³/mol. The average molecular weight is 439 g/mol. The van der Waals surface area contributed by atoms with Crippen molar-refractivity contribution in [2.24, 2.45) is 0 Å². The van der Waals surface area contributed by atoms with Crippen LogP contribution in [0.3, 0.4) is 0 Å². The lowest BCUT2D eigenvalue weighted by atomic mass is 9.97. The van der Waals surface area contributed by atoms with Gasteiger partial charge in [-0.05, 0) is 72.4 Å². The second kappa shape index (κ2) is 13.4.